The molecule has 0 fully saturated rings. The zero-order valence-electron chi connectivity index (χ0n) is 9.92. The molecule has 0 aliphatic carbocycles. The van der Waals surface area contributed by atoms with E-state index in [-0.39, 0.29) is 5.41 Å². The van der Waals surface area contributed by atoms with Crippen LogP contribution >= 0.6 is 0 Å². The molecular weight excluding hydrogens is 186 g/mol. The van der Waals surface area contributed by atoms with Gasteiger partial charge >= 0.3 is 0 Å². The zero-order valence-corrected chi connectivity index (χ0v) is 9.92. The van der Waals surface area contributed by atoms with Gasteiger partial charge in [0.2, 0.25) is 0 Å². The molecule has 2 rings (SSSR count). The summed E-state index contributed by atoms with van der Waals surface area (Å²) in [5.41, 5.74) is 2.79. The maximum Gasteiger partial charge on any atom is 0.119 e. The van der Waals surface area contributed by atoms with Crippen LogP contribution in [0.15, 0.2) is 18.2 Å². The van der Waals surface area contributed by atoms with Crippen LogP contribution in [0.2, 0.25) is 0 Å². The van der Waals surface area contributed by atoms with E-state index in [0.29, 0.717) is 6.04 Å². The number of anilines is 1. The highest BCUT2D eigenvalue weighted by molar-refractivity contribution is 5.63. The maximum atomic E-state index is 5.53. The van der Waals surface area contributed by atoms with Gasteiger partial charge in [-0.25, -0.2) is 0 Å². The number of hydrogen-bond acceptors (Lipinski definition) is 2. The standard InChI is InChI=1S/C13H19NO/c1-5-15-10-6-7-12-11(8-10)13(3,4)9(2)14-12/h6-9,14H,5H2,1-4H3. The van der Waals surface area contributed by atoms with E-state index in [4.69, 9.17) is 4.74 Å². The SMILES string of the molecule is CCOc1ccc2c(c1)C(C)(C)C(C)N2. The van der Waals surface area contributed by atoms with Gasteiger partial charge in [-0.3, -0.25) is 0 Å². The van der Waals surface area contributed by atoms with Crippen LogP contribution in [-0.4, -0.2) is 12.6 Å². The largest absolute Gasteiger partial charge is 0.494 e. The fourth-order valence-electron chi connectivity index (χ4n) is 2.09. The number of hydrogen-bond donors (Lipinski definition) is 1. The predicted molar refractivity (Wildman–Crippen MR) is 63.7 cm³/mol. The fourth-order valence-corrected chi connectivity index (χ4v) is 2.09. The van der Waals surface area contributed by atoms with Gasteiger partial charge in [-0.15, -0.1) is 0 Å². The van der Waals surface area contributed by atoms with Gasteiger partial charge in [0, 0.05) is 17.1 Å². The van der Waals surface area contributed by atoms with Crippen LogP contribution in [0.1, 0.15) is 33.3 Å². The van der Waals surface area contributed by atoms with E-state index in [1.165, 1.54) is 11.3 Å². The molecule has 0 saturated carbocycles. The first-order chi connectivity index (χ1) is 7.05. The first kappa shape index (κ1) is 10.3. The molecule has 1 unspecified atom stereocenters. The van der Waals surface area contributed by atoms with Crippen molar-refractivity contribution in [2.45, 2.75) is 39.2 Å². The second-order valence-electron chi connectivity index (χ2n) is 4.73. The third kappa shape index (κ3) is 1.58. The van der Waals surface area contributed by atoms with Crippen molar-refractivity contribution in [2.75, 3.05) is 11.9 Å². The summed E-state index contributed by atoms with van der Waals surface area (Å²) in [6.45, 7) is 9.50. The maximum absolute atomic E-state index is 5.53. The molecule has 0 bridgehead atoms. The highest BCUT2D eigenvalue weighted by Crippen LogP contribution is 2.42. The summed E-state index contributed by atoms with van der Waals surface area (Å²) >= 11 is 0. The van der Waals surface area contributed by atoms with Crippen molar-refractivity contribution < 1.29 is 4.74 Å². The van der Waals surface area contributed by atoms with Gasteiger partial charge in [0.25, 0.3) is 0 Å². The predicted octanol–water partition coefficient (Wildman–Crippen LogP) is 3.18. The van der Waals surface area contributed by atoms with Gasteiger partial charge in [-0.05, 0) is 37.6 Å². The smallest absolute Gasteiger partial charge is 0.119 e. The van der Waals surface area contributed by atoms with Gasteiger partial charge < -0.3 is 10.1 Å². The minimum Gasteiger partial charge on any atom is -0.494 e. The molecule has 0 spiro atoms. The summed E-state index contributed by atoms with van der Waals surface area (Å²) in [5, 5.41) is 3.50. The van der Waals surface area contributed by atoms with Crippen molar-refractivity contribution in [1.29, 1.82) is 0 Å². The molecule has 0 radical (unpaired) electrons. The molecule has 0 saturated heterocycles. The molecule has 15 heavy (non-hydrogen) atoms. The molecule has 2 heteroatoms. The Morgan fingerprint density at radius 1 is 1.40 bits per heavy atom. The summed E-state index contributed by atoms with van der Waals surface area (Å²) in [5.74, 6) is 0.972. The summed E-state index contributed by atoms with van der Waals surface area (Å²) < 4.78 is 5.53. The Morgan fingerprint density at radius 2 is 2.13 bits per heavy atom. The number of rotatable bonds is 2. The molecule has 1 atom stereocenters. The fraction of sp³-hybridized carbons (Fsp3) is 0.538. The lowest BCUT2D eigenvalue weighted by Crippen LogP contribution is -2.29. The monoisotopic (exact) mass is 205 g/mol. The zero-order chi connectivity index (χ0) is 11.1. The highest BCUT2D eigenvalue weighted by atomic mass is 16.5. The van der Waals surface area contributed by atoms with Gasteiger partial charge in [-0.1, -0.05) is 13.8 Å². The highest BCUT2D eigenvalue weighted by Gasteiger charge is 2.36. The average Bonchev–Trinajstić information content (AvgIpc) is 2.40. The summed E-state index contributed by atoms with van der Waals surface area (Å²) in [4.78, 5) is 0. The Labute approximate surface area is 91.6 Å². The van der Waals surface area contributed by atoms with Gasteiger partial charge in [0.1, 0.15) is 5.75 Å². The van der Waals surface area contributed by atoms with Crippen molar-refractivity contribution in [3.63, 3.8) is 0 Å². The van der Waals surface area contributed by atoms with Crippen LogP contribution in [0, 0.1) is 0 Å². The molecular formula is C13H19NO. The third-order valence-electron chi connectivity index (χ3n) is 3.45. The van der Waals surface area contributed by atoms with E-state index < -0.39 is 0 Å². The van der Waals surface area contributed by atoms with Crippen LogP contribution < -0.4 is 10.1 Å². The molecule has 1 aliphatic rings. The summed E-state index contributed by atoms with van der Waals surface area (Å²) in [6.07, 6.45) is 0. The number of nitrogens with one attached hydrogen (secondary N) is 1. The minimum atomic E-state index is 0.183. The molecule has 1 aliphatic heterocycles. The quantitative estimate of drug-likeness (QED) is 0.800. The summed E-state index contributed by atoms with van der Waals surface area (Å²) in [6, 6.07) is 6.79. The molecule has 0 aromatic heterocycles. The van der Waals surface area contributed by atoms with E-state index in [2.05, 4.69) is 38.2 Å². The number of benzene rings is 1. The topological polar surface area (TPSA) is 21.3 Å². The van der Waals surface area contributed by atoms with E-state index in [1.54, 1.807) is 0 Å². The Kier molecular flexibility index (Phi) is 2.37. The number of fused-ring (bicyclic) bond motifs is 1. The summed E-state index contributed by atoms with van der Waals surface area (Å²) in [7, 11) is 0. The minimum absolute atomic E-state index is 0.183. The normalized spacial score (nSPS) is 22.0. The van der Waals surface area contributed by atoms with Crippen molar-refractivity contribution in [3.8, 4) is 5.75 Å². The lowest BCUT2D eigenvalue weighted by Gasteiger charge is -2.24. The van der Waals surface area contributed by atoms with Gasteiger partial charge in [0.15, 0.2) is 0 Å². The molecule has 1 aromatic carbocycles. The van der Waals surface area contributed by atoms with Crippen LogP contribution in [0.4, 0.5) is 5.69 Å². The Hall–Kier alpha value is -1.18. The van der Waals surface area contributed by atoms with Crippen LogP contribution in [0.25, 0.3) is 0 Å². The Bertz CT molecular complexity index is 371. The lowest BCUT2D eigenvalue weighted by atomic mass is 9.81. The van der Waals surface area contributed by atoms with Crippen molar-refractivity contribution in [3.05, 3.63) is 23.8 Å². The Morgan fingerprint density at radius 3 is 2.80 bits per heavy atom. The van der Waals surface area contributed by atoms with Crippen molar-refractivity contribution in [2.24, 2.45) is 0 Å². The van der Waals surface area contributed by atoms with Gasteiger partial charge in [-0.2, -0.15) is 0 Å². The van der Waals surface area contributed by atoms with Crippen molar-refractivity contribution in [1.82, 2.24) is 0 Å². The lowest BCUT2D eigenvalue weighted by molar-refractivity contribution is 0.339. The van der Waals surface area contributed by atoms with Crippen molar-refractivity contribution >= 4 is 5.69 Å². The molecule has 1 aromatic rings. The van der Waals surface area contributed by atoms with E-state index >= 15 is 0 Å². The molecule has 1 N–H and O–H groups in total. The van der Waals surface area contributed by atoms with E-state index in [9.17, 15) is 0 Å². The molecule has 1 heterocycles. The van der Waals surface area contributed by atoms with E-state index in [1.807, 2.05) is 13.0 Å². The van der Waals surface area contributed by atoms with Crippen LogP contribution in [0.3, 0.4) is 0 Å². The Balaban J connectivity index is 2.41. The second-order valence-corrected chi connectivity index (χ2v) is 4.73. The first-order valence-corrected chi connectivity index (χ1v) is 5.59. The molecule has 0 amide bonds. The third-order valence-corrected chi connectivity index (χ3v) is 3.45. The van der Waals surface area contributed by atoms with Crippen LogP contribution in [0.5, 0.6) is 5.75 Å². The molecule has 2 nitrogen and oxygen atoms in total. The molecule has 82 valence electrons. The average molecular weight is 205 g/mol. The first-order valence-electron chi connectivity index (χ1n) is 5.59. The number of ether oxygens (including phenoxy) is 1. The van der Waals surface area contributed by atoms with Gasteiger partial charge in [0.05, 0.1) is 6.61 Å². The van der Waals surface area contributed by atoms with Crippen LogP contribution in [-0.2, 0) is 5.41 Å². The second kappa shape index (κ2) is 3.44. The van der Waals surface area contributed by atoms with E-state index in [0.717, 1.165) is 12.4 Å².